The Morgan fingerprint density at radius 1 is 1.00 bits per heavy atom. The molecule has 3 aromatic rings. The number of rotatable bonds is 5. The van der Waals surface area contributed by atoms with Crippen molar-refractivity contribution in [3.63, 3.8) is 0 Å². The van der Waals surface area contributed by atoms with Crippen molar-refractivity contribution in [2.45, 2.75) is 13.8 Å². The number of Topliss-reactive ketones (excluding diaryl/α,β-unsaturated/α-hetero) is 1. The van der Waals surface area contributed by atoms with Crippen molar-refractivity contribution in [2.24, 2.45) is 0 Å². The highest BCUT2D eigenvalue weighted by atomic mass is 79.9. The Bertz CT molecular complexity index is 1020. The summed E-state index contributed by atoms with van der Waals surface area (Å²) < 4.78 is 12.9. The van der Waals surface area contributed by atoms with E-state index in [0.29, 0.717) is 18.1 Å². The van der Waals surface area contributed by atoms with E-state index < -0.39 is 17.7 Å². The second kappa shape index (κ2) is 14.7. The Hall–Kier alpha value is -2.31. The highest BCUT2D eigenvalue weighted by molar-refractivity contribution is 9.10. The molecule has 9 nitrogen and oxygen atoms in total. The summed E-state index contributed by atoms with van der Waals surface area (Å²) in [6, 6.07) is 7.29. The molecule has 0 aliphatic heterocycles. The molecular formula is C20H21Br3N4O5. The second-order valence-corrected chi connectivity index (χ2v) is 8.03. The fourth-order valence-electron chi connectivity index (χ4n) is 1.92. The van der Waals surface area contributed by atoms with Gasteiger partial charge in [-0.3, -0.25) is 4.79 Å². The van der Waals surface area contributed by atoms with Crippen LogP contribution in [-0.2, 0) is 19.1 Å². The van der Waals surface area contributed by atoms with Crippen molar-refractivity contribution in [1.29, 1.82) is 0 Å². The second-order valence-electron chi connectivity index (χ2n) is 5.64. The first-order valence-corrected chi connectivity index (χ1v) is 11.9. The summed E-state index contributed by atoms with van der Waals surface area (Å²) in [6.45, 7) is 4.03. The zero-order valence-electron chi connectivity index (χ0n) is 17.3. The first-order valence-electron chi connectivity index (χ1n) is 9.16. The summed E-state index contributed by atoms with van der Waals surface area (Å²) in [7, 11) is 0. The molecule has 12 heteroatoms. The molecule has 2 N–H and O–H groups in total. The van der Waals surface area contributed by atoms with E-state index >= 15 is 0 Å². The van der Waals surface area contributed by atoms with Crippen LogP contribution in [0.2, 0.25) is 0 Å². The van der Waals surface area contributed by atoms with E-state index in [4.69, 9.17) is 10.5 Å². The lowest BCUT2D eigenvalue weighted by Crippen LogP contribution is -2.17. The third-order valence-corrected chi connectivity index (χ3v) is 4.72. The number of alkyl halides is 1. The van der Waals surface area contributed by atoms with Crippen LogP contribution in [-0.4, -0.2) is 50.6 Å². The third kappa shape index (κ3) is 9.88. The van der Waals surface area contributed by atoms with Crippen LogP contribution in [0.3, 0.4) is 0 Å². The topological polar surface area (TPSA) is 126 Å². The Morgan fingerprint density at radius 3 is 2.19 bits per heavy atom. The van der Waals surface area contributed by atoms with Gasteiger partial charge in [-0.05, 0) is 70.0 Å². The molecular weight excluding hydrogens is 616 g/mol. The van der Waals surface area contributed by atoms with Crippen LogP contribution in [0.1, 0.15) is 24.3 Å². The van der Waals surface area contributed by atoms with E-state index in [1.807, 2.05) is 24.4 Å². The van der Waals surface area contributed by atoms with Gasteiger partial charge in [0.1, 0.15) is 11.5 Å². The van der Waals surface area contributed by atoms with Gasteiger partial charge in [-0.2, -0.15) is 0 Å². The molecule has 0 saturated heterocycles. The minimum absolute atomic E-state index is 0.0336. The number of imidazole rings is 1. The normalized spacial score (nSPS) is 9.66. The highest BCUT2D eigenvalue weighted by Gasteiger charge is 2.12. The van der Waals surface area contributed by atoms with Crippen LogP contribution in [0.5, 0.6) is 0 Å². The predicted molar refractivity (Wildman–Crippen MR) is 131 cm³/mol. The first-order chi connectivity index (χ1) is 15.2. The fourth-order valence-corrected chi connectivity index (χ4v) is 2.74. The fraction of sp³-hybridized carbons (Fsp3) is 0.250. The van der Waals surface area contributed by atoms with Gasteiger partial charge in [0.05, 0.1) is 18.5 Å². The van der Waals surface area contributed by atoms with Gasteiger partial charge in [-0.25, -0.2) is 19.6 Å². The number of esters is 2. The van der Waals surface area contributed by atoms with Crippen molar-refractivity contribution in [3.05, 3.63) is 57.5 Å². The molecule has 0 aliphatic carbocycles. The number of aromatic nitrogens is 3. The summed E-state index contributed by atoms with van der Waals surface area (Å²) in [5.41, 5.74) is 6.35. The van der Waals surface area contributed by atoms with Crippen molar-refractivity contribution in [3.8, 4) is 0 Å². The summed E-state index contributed by atoms with van der Waals surface area (Å²) in [4.78, 5) is 40.1. The predicted octanol–water partition coefficient (Wildman–Crippen LogP) is 4.21. The van der Waals surface area contributed by atoms with Crippen molar-refractivity contribution >= 4 is 77.0 Å². The lowest BCUT2D eigenvalue weighted by Gasteiger charge is -1.95. The van der Waals surface area contributed by atoms with E-state index in [0.717, 1.165) is 14.6 Å². The zero-order valence-corrected chi connectivity index (χ0v) is 22.0. The minimum atomic E-state index is -0.769. The average Bonchev–Trinajstić information content (AvgIpc) is 3.20. The van der Waals surface area contributed by atoms with Crippen LogP contribution in [0.15, 0.2) is 51.8 Å². The summed E-state index contributed by atoms with van der Waals surface area (Å²) in [5, 5.41) is 0.0336. The molecule has 3 aromatic heterocycles. The zero-order chi connectivity index (χ0) is 24.1. The first kappa shape index (κ1) is 27.7. The Balaban J connectivity index is 0.000000260. The highest BCUT2D eigenvalue weighted by Crippen LogP contribution is 2.13. The molecule has 0 saturated carbocycles. The Kier molecular flexibility index (Phi) is 12.7. The van der Waals surface area contributed by atoms with Crippen molar-refractivity contribution < 1.29 is 23.9 Å². The smallest absolute Gasteiger partial charge is 0.375 e. The van der Waals surface area contributed by atoms with Crippen LogP contribution >= 0.6 is 47.8 Å². The molecule has 0 aromatic carbocycles. The number of hydrogen-bond donors (Lipinski definition) is 1. The summed E-state index contributed by atoms with van der Waals surface area (Å²) >= 11 is 9.41. The van der Waals surface area contributed by atoms with Crippen molar-refractivity contribution in [2.75, 3.05) is 24.3 Å². The van der Waals surface area contributed by atoms with Gasteiger partial charge in [-0.15, -0.1) is 0 Å². The van der Waals surface area contributed by atoms with Crippen LogP contribution < -0.4 is 5.73 Å². The number of carbonyl (C=O) groups excluding carboxylic acids is 3. The number of ether oxygens (including phenoxy) is 2. The number of nitrogens with two attached hydrogens (primary N) is 1. The van der Waals surface area contributed by atoms with Crippen LogP contribution in [0.25, 0.3) is 5.65 Å². The number of anilines is 1. The molecule has 172 valence electrons. The molecule has 0 radical (unpaired) electrons. The lowest BCUT2D eigenvalue weighted by molar-refractivity contribution is -0.152. The summed E-state index contributed by atoms with van der Waals surface area (Å²) in [6.07, 6.45) is 5.15. The Morgan fingerprint density at radius 2 is 1.66 bits per heavy atom. The number of nitrogens with zero attached hydrogens (tertiary/aromatic N) is 3. The van der Waals surface area contributed by atoms with Gasteiger partial charge >= 0.3 is 11.9 Å². The van der Waals surface area contributed by atoms with Gasteiger partial charge in [0.15, 0.2) is 5.69 Å². The Labute approximate surface area is 210 Å². The summed E-state index contributed by atoms with van der Waals surface area (Å²) in [5.74, 6) is -1.16. The number of halogens is 3. The number of nitrogen functional groups attached to an aromatic ring is 1. The third-order valence-electron chi connectivity index (χ3n) is 3.27. The maximum atomic E-state index is 11.4. The van der Waals surface area contributed by atoms with E-state index in [9.17, 15) is 14.4 Å². The van der Waals surface area contributed by atoms with Gasteiger partial charge in [0, 0.05) is 27.5 Å². The lowest BCUT2D eigenvalue weighted by atomic mass is 10.5. The standard InChI is InChI=1S/C10H9BrN2O2.C5H5BrN2.C5H7BrO3/c1-2-15-10(14)8-6-13-5-7(11)3-4-9(13)12-8;6-4-1-2-5(7)8-3-4;1-2-9-5(8)4(7)3-6/h3-6H,2H2,1H3;1-3H,(H2,7,8);2-3H2,1H3. The molecule has 3 rings (SSSR count). The molecule has 0 fully saturated rings. The molecule has 0 bridgehead atoms. The van der Waals surface area contributed by atoms with Crippen LogP contribution in [0.4, 0.5) is 5.82 Å². The molecule has 0 spiro atoms. The SMILES string of the molecule is CCOC(=O)C(=O)CBr.CCOC(=O)c1cn2cc(Br)ccc2n1.Nc1ccc(Br)cn1. The van der Waals surface area contributed by atoms with E-state index in [1.54, 1.807) is 36.7 Å². The van der Waals surface area contributed by atoms with Crippen LogP contribution in [0, 0.1) is 0 Å². The van der Waals surface area contributed by atoms with Crippen molar-refractivity contribution in [1.82, 2.24) is 14.4 Å². The number of hydrogen-bond acceptors (Lipinski definition) is 8. The number of ketones is 1. The monoisotopic (exact) mass is 634 g/mol. The number of carbonyl (C=O) groups is 3. The molecule has 3 heterocycles. The number of pyridine rings is 2. The van der Waals surface area contributed by atoms with Gasteiger partial charge < -0.3 is 19.6 Å². The van der Waals surface area contributed by atoms with E-state index in [1.165, 1.54) is 0 Å². The minimum Gasteiger partial charge on any atom is -0.461 e. The van der Waals surface area contributed by atoms with Gasteiger partial charge in [-0.1, -0.05) is 15.9 Å². The molecule has 0 aliphatic rings. The molecule has 0 unspecified atom stereocenters. The maximum absolute atomic E-state index is 11.4. The largest absolute Gasteiger partial charge is 0.461 e. The van der Waals surface area contributed by atoms with Gasteiger partial charge in [0.25, 0.3) is 0 Å². The van der Waals surface area contributed by atoms with E-state index in [2.05, 4.69) is 62.5 Å². The maximum Gasteiger partial charge on any atom is 0.375 e. The quantitative estimate of drug-likeness (QED) is 0.251. The number of fused-ring (bicyclic) bond motifs is 1. The van der Waals surface area contributed by atoms with Gasteiger partial charge in [0.2, 0.25) is 5.78 Å². The van der Waals surface area contributed by atoms with E-state index in [-0.39, 0.29) is 11.9 Å². The average molecular weight is 637 g/mol. The molecule has 0 atom stereocenters. The molecule has 0 amide bonds. The molecule has 32 heavy (non-hydrogen) atoms.